The van der Waals surface area contributed by atoms with E-state index in [9.17, 15) is 14.0 Å². The average Bonchev–Trinajstić information content (AvgIpc) is 2.76. The molecule has 17 heavy (non-hydrogen) atoms. The number of carbonyl (C=O) groups is 2. The molecule has 0 spiro atoms. The predicted octanol–water partition coefficient (Wildman–Crippen LogP) is 3.06. The number of aldehydes is 1. The molecule has 0 atom stereocenters. The van der Waals surface area contributed by atoms with Gasteiger partial charge in [-0.25, -0.2) is 9.18 Å². The molecule has 2 aromatic rings. The Hall–Kier alpha value is -2.01. The lowest BCUT2D eigenvalue weighted by Crippen LogP contribution is -2.02. The maximum absolute atomic E-state index is 13.4. The summed E-state index contributed by atoms with van der Waals surface area (Å²) in [6.07, 6.45) is 0.675. The third-order valence-electron chi connectivity index (χ3n) is 2.27. The monoisotopic (exact) mass is 250 g/mol. The molecule has 0 unspecified atom stereocenters. The summed E-state index contributed by atoms with van der Waals surface area (Å²) in [7, 11) is 0. The largest absolute Gasteiger partial charge is 0.478 e. The first-order chi connectivity index (χ1) is 8.13. The van der Waals surface area contributed by atoms with Gasteiger partial charge < -0.3 is 5.11 Å². The highest BCUT2D eigenvalue weighted by Crippen LogP contribution is 2.29. The van der Waals surface area contributed by atoms with Gasteiger partial charge in [-0.05, 0) is 23.1 Å². The number of halogens is 1. The smallest absolute Gasteiger partial charge is 0.339 e. The fourth-order valence-corrected chi connectivity index (χ4v) is 2.25. The van der Waals surface area contributed by atoms with Crippen molar-refractivity contribution in [2.45, 2.75) is 0 Å². The minimum atomic E-state index is -1.32. The third-order valence-corrected chi connectivity index (χ3v) is 3.13. The summed E-state index contributed by atoms with van der Waals surface area (Å²) < 4.78 is 13.4. The average molecular weight is 250 g/mol. The number of benzene rings is 1. The summed E-state index contributed by atoms with van der Waals surface area (Å²) in [6.45, 7) is 0. The molecule has 3 nitrogen and oxygen atoms in total. The molecular weight excluding hydrogens is 243 g/mol. The summed E-state index contributed by atoms with van der Waals surface area (Å²) in [5.74, 6) is -2.11. The highest BCUT2D eigenvalue weighted by Gasteiger charge is 2.17. The van der Waals surface area contributed by atoms with E-state index in [4.69, 9.17) is 5.11 Å². The molecule has 1 aromatic carbocycles. The van der Waals surface area contributed by atoms with Crippen LogP contribution in [0.3, 0.4) is 0 Å². The van der Waals surface area contributed by atoms with Crippen LogP contribution in [0, 0.1) is 5.82 Å². The highest BCUT2D eigenvalue weighted by atomic mass is 32.1. The Morgan fingerprint density at radius 2 is 2.18 bits per heavy atom. The Morgan fingerprint density at radius 1 is 1.41 bits per heavy atom. The van der Waals surface area contributed by atoms with E-state index in [1.165, 1.54) is 23.5 Å². The number of thiophene rings is 1. The van der Waals surface area contributed by atoms with E-state index in [2.05, 4.69) is 0 Å². The number of hydrogen-bond acceptors (Lipinski definition) is 3. The van der Waals surface area contributed by atoms with E-state index < -0.39 is 11.8 Å². The molecule has 1 aromatic heterocycles. The number of carboxylic acids is 1. The van der Waals surface area contributed by atoms with Gasteiger partial charge in [0, 0.05) is 5.56 Å². The molecule has 0 saturated heterocycles. The number of aromatic carboxylic acids is 1. The first kappa shape index (κ1) is 11.5. The van der Waals surface area contributed by atoms with Gasteiger partial charge in [0.05, 0.1) is 4.88 Å². The lowest BCUT2D eigenvalue weighted by molar-refractivity contribution is 0.0692. The Bertz CT molecular complexity index is 589. The van der Waals surface area contributed by atoms with Crippen molar-refractivity contribution >= 4 is 23.6 Å². The van der Waals surface area contributed by atoms with Crippen LogP contribution < -0.4 is 0 Å². The molecule has 0 aliphatic carbocycles. The van der Waals surface area contributed by atoms with Crippen molar-refractivity contribution in [2.24, 2.45) is 0 Å². The van der Waals surface area contributed by atoms with Crippen LogP contribution in [0.4, 0.5) is 4.39 Å². The zero-order valence-electron chi connectivity index (χ0n) is 8.51. The van der Waals surface area contributed by atoms with Crippen molar-refractivity contribution in [2.75, 3.05) is 0 Å². The maximum Gasteiger partial charge on any atom is 0.339 e. The van der Waals surface area contributed by atoms with Gasteiger partial charge in [0.2, 0.25) is 0 Å². The highest BCUT2D eigenvalue weighted by molar-refractivity contribution is 7.12. The zero-order chi connectivity index (χ0) is 12.4. The van der Waals surface area contributed by atoms with Crippen molar-refractivity contribution in [1.82, 2.24) is 0 Å². The van der Waals surface area contributed by atoms with Crippen LogP contribution in [0.15, 0.2) is 29.6 Å². The Morgan fingerprint density at radius 3 is 2.76 bits per heavy atom. The number of hydrogen-bond donors (Lipinski definition) is 1. The fraction of sp³-hybridized carbons (Fsp3) is 0. The number of carbonyl (C=O) groups excluding carboxylic acids is 1. The molecule has 1 heterocycles. The SMILES string of the molecule is O=Cc1cc(-c2cccc(F)c2C(=O)O)cs1. The van der Waals surface area contributed by atoms with Crippen LogP contribution in [0.1, 0.15) is 20.0 Å². The summed E-state index contributed by atoms with van der Waals surface area (Å²) in [5.41, 5.74) is 0.443. The molecule has 86 valence electrons. The van der Waals surface area contributed by atoms with Gasteiger partial charge in [-0.1, -0.05) is 12.1 Å². The zero-order valence-corrected chi connectivity index (χ0v) is 9.33. The van der Waals surface area contributed by atoms with Gasteiger partial charge in [-0.15, -0.1) is 11.3 Å². The van der Waals surface area contributed by atoms with E-state index in [0.717, 1.165) is 6.07 Å². The van der Waals surface area contributed by atoms with Crippen molar-refractivity contribution < 1.29 is 19.1 Å². The van der Waals surface area contributed by atoms with Crippen LogP contribution in [0.2, 0.25) is 0 Å². The second kappa shape index (κ2) is 4.47. The van der Waals surface area contributed by atoms with Crippen molar-refractivity contribution in [3.63, 3.8) is 0 Å². The molecule has 1 N–H and O–H groups in total. The second-order valence-electron chi connectivity index (χ2n) is 3.32. The molecule has 0 fully saturated rings. The lowest BCUT2D eigenvalue weighted by Gasteiger charge is -2.04. The van der Waals surface area contributed by atoms with Crippen LogP contribution in [0.25, 0.3) is 11.1 Å². The standard InChI is InChI=1S/C12H7FO3S/c13-10-3-1-2-9(11(10)12(15)16)7-4-8(5-14)17-6-7/h1-6H,(H,15,16). The van der Waals surface area contributed by atoms with Gasteiger partial charge in [0.15, 0.2) is 6.29 Å². The Balaban J connectivity index is 2.62. The van der Waals surface area contributed by atoms with E-state index in [0.29, 0.717) is 16.7 Å². The molecule has 0 bridgehead atoms. The second-order valence-corrected chi connectivity index (χ2v) is 4.27. The van der Waals surface area contributed by atoms with Crippen LogP contribution in [0.5, 0.6) is 0 Å². The first-order valence-corrected chi connectivity index (χ1v) is 5.57. The number of rotatable bonds is 3. The van der Waals surface area contributed by atoms with Crippen LogP contribution >= 0.6 is 11.3 Å². The van der Waals surface area contributed by atoms with E-state index in [-0.39, 0.29) is 11.1 Å². The van der Waals surface area contributed by atoms with Crippen molar-refractivity contribution in [3.05, 3.63) is 45.9 Å². The molecule has 2 rings (SSSR count). The normalized spacial score (nSPS) is 10.2. The van der Waals surface area contributed by atoms with Gasteiger partial charge in [-0.2, -0.15) is 0 Å². The summed E-state index contributed by atoms with van der Waals surface area (Å²) in [4.78, 5) is 22.0. The van der Waals surface area contributed by atoms with Gasteiger partial charge in [0.25, 0.3) is 0 Å². The molecular formula is C12H7FO3S. The first-order valence-electron chi connectivity index (χ1n) is 4.69. The minimum Gasteiger partial charge on any atom is -0.478 e. The van der Waals surface area contributed by atoms with Crippen LogP contribution in [-0.2, 0) is 0 Å². The minimum absolute atomic E-state index is 0.279. The predicted molar refractivity (Wildman–Crippen MR) is 62.1 cm³/mol. The van der Waals surface area contributed by atoms with E-state index in [1.807, 2.05) is 0 Å². The third kappa shape index (κ3) is 2.09. The Kier molecular flexibility index (Phi) is 3.01. The molecule has 0 saturated carbocycles. The molecule has 0 radical (unpaired) electrons. The Labute approximate surface area is 100 Å². The summed E-state index contributed by atoms with van der Waals surface area (Å²) >= 11 is 1.19. The van der Waals surface area contributed by atoms with Crippen molar-refractivity contribution in [3.8, 4) is 11.1 Å². The maximum atomic E-state index is 13.4. The topological polar surface area (TPSA) is 54.4 Å². The van der Waals surface area contributed by atoms with E-state index >= 15 is 0 Å². The molecule has 0 aliphatic heterocycles. The molecule has 0 amide bonds. The van der Waals surface area contributed by atoms with Gasteiger partial charge in [0.1, 0.15) is 11.4 Å². The van der Waals surface area contributed by atoms with Crippen LogP contribution in [-0.4, -0.2) is 17.4 Å². The van der Waals surface area contributed by atoms with Gasteiger partial charge in [-0.3, -0.25) is 4.79 Å². The summed E-state index contributed by atoms with van der Waals surface area (Å²) in [6, 6.07) is 5.59. The summed E-state index contributed by atoms with van der Waals surface area (Å²) in [5, 5.41) is 10.6. The molecule has 5 heteroatoms. The van der Waals surface area contributed by atoms with E-state index in [1.54, 1.807) is 11.4 Å². The molecule has 0 aliphatic rings. The number of carboxylic acid groups (broad SMARTS) is 1. The van der Waals surface area contributed by atoms with Crippen molar-refractivity contribution in [1.29, 1.82) is 0 Å². The quantitative estimate of drug-likeness (QED) is 0.852. The fourth-order valence-electron chi connectivity index (χ4n) is 1.54. The van der Waals surface area contributed by atoms with Gasteiger partial charge >= 0.3 is 5.97 Å². The lowest BCUT2D eigenvalue weighted by atomic mass is 10.0.